The highest BCUT2D eigenvalue weighted by Gasteiger charge is 2.25. The molecule has 0 bridgehead atoms. The van der Waals surface area contributed by atoms with Crippen LogP contribution in [-0.4, -0.2) is 4.57 Å². The van der Waals surface area contributed by atoms with Gasteiger partial charge >= 0.3 is 0 Å². The smallest absolute Gasteiger partial charge is 0.0541 e. The number of rotatable bonds is 8. The molecule has 1 fully saturated rings. The highest BCUT2D eigenvalue weighted by atomic mass is 32.1. The number of thiophene rings is 1. The molecule has 3 heteroatoms. The van der Waals surface area contributed by atoms with Gasteiger partial charge in [0.25, 0.3) is 0 Å². The molecule has 0 saturated heterocycles. The first kappa shape index (κ1) is 39.6. The van der Waals surface area contributed by atoms with E-state index in [1.54, 1.807) is 0 Å². The molecule has 0 N–H and O–H groups in total. The lowest BCUT2D eigenvalue weighted by molar-refractivity contribution is 0.445. The number of hydrogen-bond acceptors (Lipinski definition) is 2. The summed E-state index contributed by atoms with van der Waals surface area (Å²) in [6.45, 7) is 0. The maximum absolute atomic E-state index is 2.54. The van der Waals surface area contributed by atoms with Gasteiger partial charge < -0.3 is 9.47 Å². The molecule has 0 atom stereocenters. The SMILES string of the molecule is c1ccc(-n2c3ccccc3c3cc(-c4ccccc4N(c4cccc(-c5cccc6sc7ccccc7c56)c4)c4ccccc4-c4cccc5cccc(C6CCCCC6)c45)ccc32)cc1. The van der Waals surface area contributed by atoms with Gasteiger partial charge in [-0.05, 0) is 124 Å². The van der Waals surface area contributed by atoms with E-state index < -0.39 is 0 Å². The lowest BCUT2D eigenvalue weighted by atomic mass is 9.80. The molecular weight excluding hydrogens is 829 g/mol. The molecule has 10 aromatic carbocycles. The Bertz CT molecular complexity index is 3810. The summed E-state index contributed by atoms with van der Waals surface area (Å²) in [5.41, 5.74) is 15.8. The molecule has 2 aromatic heterocycles. The lowest BCUT2D eigenvalue weighted by Gasteiger charge is -2.31. The average Bonchev–Trinajstić information content (AvgIpc) is 3.95. The quantitative estimate of drug-likeness (QED) is 0.148. The zero-order valence-electron chi connectivity index (χ0n) is 37.3. The zero-order chi connectivity index (χ0) is 44.3. The second-order valence-electron chi connectivity index (χ2n) is 18.2. The van der Waals surface area contributed by atoms with Crippen LogP contribution in [0.5, 0.6) is 0 Å². The van der Waals surface area contributed by atoms with Gasteiger partial charge in [-0.1, -0.05) is 177 Å². The first-order valence-electron chi connectivity index (χ1n) is 23.9. The summed E-state index contributed by atoms with van der Waals surface area (Å²) in [4.78, 5) is 2.54. The van der Waals surface area contributed by atoms with Crippen molar-refractivity contribution in [2.24, 2.45) is 0 Å². The molecule has 0 unspecified atom stereocenters. The minimum absolute atomic E-state index is 0.568. The van der Waals surface area contributed by atoms with Crippen molar-refractivity contribution in [2.45, 2.75) is 38.0 Å². The summed E-state index contributed by atoms with van der Waals surface area (Å²) in [5, 5.41) is 7.82. The van der Waals surface area contributed by atoms with Crippen molar-refractivity contribution in [2.75, 3.05) is 4.90 Å². The number of para-hydroxylation sites is 4. The summed E-state index contributed by atoms with van der Waals surface area (Å²) in [7, 11) is 0. The van der Waals surface area contributed by atoms with Gasteiger partial charge in [0.2, 0.25) is 0 Å². The van der Waals surface area contributed by atoms with Gasteiger partial charge in [0.05, 0.1) is 22.4 Å². The summed E-state index contributed by atoms with van der Waals surface area (Å²) in [5.74, 6) is 0.568. The van der Waals surface area contributed by atoms with Crippen LogP contribution in [0.4, 0.5) is 17.1 Å². The number of nitrogens with zero attached hydrogens (tertiary/aromatic N) is 2. The van der Waals surface area contributed by atoms with Crippen LogP contribution in [-0.2, 0) is 0 Å². The van der Waals surface area contributed by atoms with E-state index in [0.717, 1.165) is 22.7 Å². The minimum Gasteiger partial charge on any atom is -0.309 e. The van der Waals surface area contributed by atoms with Crippen LogP contribution >= 0.6 is 11.3 Å². The largest absolute Gasteiger partial charge is 0.309 e. The fourth-order valence-corrected chi connectivity index (χ4v) is 12.5. The molecule has 2 nitrogen and oxygen atoms in total. The molecule has 1 aliphatic rings. The predicted molar refractivity (Wildman–Crippen MR) is 288 cm³/mol. The lowest BCUT2D eigenvalue weighted by Crippen LogP contribution is -2.13. The van der Waals surface area contributed by atoms with Crippen LogP contribution in [0.1, 0.15) is 43.6 Å². The Morgan fingerprint density at radius 1 is 0.403 bits per heavy atom. The van der Waals surface area contributed by atoms with E-state index in [-0.39, 0.29) is 0 Å². The van der Waals surface area contributed by atoms with Crippen LogP contribution in [0.15, 0.2) is 224 Å². The van der Waals surface area contributed by atoms with Crippen LogP contribution < -0.4 is 4.90 Å². The number of aromatic nitrogens is 1. The van der Waals surface area contributed by atoms with E-state index in [0.29, 0.717) is 5.92 Å². The summed E-state index contributed by atoms with van der Waals surface area (Å²) in [6, 6.07) is 83.6. The van der Waals surface area contributed by atoms with Crippen molar-refractivity contribution < 1.29 is 0 Å². The van der Waals surface area contributed by atoms with Gasteiger partial charge in [-0.3, -0.25) is 0 Å². The Labute approximate surface area is 395 Å². The molecule has 1 saturated carbocycles. The molecule has 1 aliphatic carbocycles. The predicted octanol–water partition coefficient (Wildman–Crippen LogP) is 18.8. The fraction of sp³-hybridized carbons (Fsp3) is 0.0938. The third-order valence-corrected chi connectivity index (χ3v) is 15.5. The molecule has 0 aliphatic heterocycles. The van der Waals surface area contributed by atoms with E-state index >= 15 is 0 Å². The first-order chi connectivity index (χ1) is 33.3. The monoisotopic (exact) mass is 876 g/mol. The zero-order valence-corrected chi connectivity index (χ0v) is 38.1. The second-order valence-corrected chi connectivity index (χ2v) is 19.3. The Kier molecular flexibility index (Phi) is 9.83. The molecule has 0 spiro atoms. The number of benzene rings is 10. The van der Waals surface area contributed by atoms with Crippen LogP contribution in [0, 0.1) is 0 Å². The molecule has 0 amide bonds. The number of anilines is 3. The Balaban J connectivity index is 1.05. The normalized spacial score (nSPS) is 13.3. The van der Waals surface area contributed by atoms with Crippen molar-refractivity contribution in [1.29, 1.82) is 0 Å². The second kappa shape index (κ2) is 16.6. The van der Waals surface area contributed by atoms with Crippen molar-refractivity contribution in [3.63, 3.8) is 0 Å². The van der Waals surface area contributed by atoms with E-state index in [2.05, 4.69) is 234 Å². The molecule has 0 radical (unpaired) electrons. The number of hydrogen-bond donors (Lipinski definition) is 0. The summed E-state index contributed by atoms with van der Waals surface area (Å²) < 4.78 is 5.03. The molecule has 320 valence electrons. The highest BCUT2D eigenvalue weighted by Crippen LogP contribution is 2.49. The third-order valence-electron chi connectivity index (χ3n) is 14.4. The van der Waals surface area contributed by atoms with Gasteiger partial charge in [-0.25, -0.2) is 0 Å². The molecule has 12 aromatic rings. The van der Waals surface area contributed by atoms with E-state index in [1.165, 1.54) is 124 Å². The fourth-order valence-electron chi connectivity index (χ4n) is 11.4. The first-order valence-corrected chi connectivity index (χ1v) is 24.7. The maximum atomic E-state index is 2.54. The van der Waals surface area contributed by atoms with Gasteiger partial charge in [0.1, 0.15) is 0 Å². The van der Waals surface area contributed by atoms with E-state index in [4.69, 9.17) is 0 Å². The van der Waals surface area contributed by atoms with Crippen molar-refractivity contribution in [3.05, 3.63) is 230 Å². The van der Waals surface area contributed by atoms with Gasteiger partial charge in [-0.2, -0.15) is 0 Å². The topological polar surface area (TPSA) is 8.17 Å². The third kappa shape index (κ3) is 6.76. The highest BCUT2D eigenvalue weighted by molar-refractivity contribution is 7.25. The minimum atomic E-state index is 0.568. The summed E-state index contributed by atoms with van der Waals surface area (Å²) in [6.07, 6.45) is 6.44. The average molecular weight is 877 g/mol. The molecule has 67 heavy (non-hydrogen) atoms. The molecule has 2 heterocycles. The van der Waals surface area contributed by atoms with E-state index in [1.807, 2.05) is 11.3 Å². The Hall–Kier alpha value is -7.72. The molecular formula is C64H48N2S. The number of fused-ring (bicyclic) bond motifs is 7. The van der Waals surface area contributed by atoms with Gasteiger partial charge in [0, 0.05) is 53.4 Å². The van der Waals surface area contributed by atoms with E-state index in [9.17, 15) is 0 Å². The Morgan fingerprint density at radius 3 is 1.90 bits per heavy atom. The molecule has 13 rings (SSSR count). The summed E-state index contributed by atoms with van der Waals surface area (Å²) >= 11 is 1.88. The van der Waals surface area contributed by atoms with Crippen LogP contribution in [0.25, 0.3) is 91.8 Å². The van der Waals surface area contributed by atoms with Crippen LogP contribution in [0.2, 0.25) is 0 Å². The van der Waals surface area contributed by atoms with Gasteiger partial charge in [0.15, 0.2) is 0 Å². The van der Waals surface area contributed by atoms with Gasteiger partial charge in [-0.15, -0.1) is 11.3 Å². The Morgan fingerprint density at radius 2 is 1.03 bits per heavy atom. The van der Waals surface area contributed by atoms with Crippen molar-refractivity contribution in [1.82, 2.24) is 4.57 Å². The van der Waals surface area contributed by atoms with Crippen molar-refractivity contribution in [3.8, 4) is 39.1 Å². The van der Waals surface area contributed by atoms with Crippen LogP contribution in [0.3, 0.4) is 0 Å². The maximum Gasteiger partial charge on any atom is 0.0541 e. The standard InChI is InChI=1S/C64H48N2S/c1-3-19-43(20-4-1)50-31-16-21-44-22-17-33-54(63(44)50)52-28-8-12-35-58(52)66(48-26-15-23-45(41-48)51-32-18-38-62-64(51)55-30-10-14-37-61(55)67-62)57-34-11-7-27-49(57)46-39-40-60-56(42-46)53-29-9-13-36-59(53)65(60)47-24-5-2-6-25-47/h2,5-18,21-43H,1,3-4,19-20H2. The van der Waals surface area contributed by atoms with Crippen molar-refractivity contribution >= 4 is 81.1 Å².